The molecule has 0 aliphatic rings. The molecule has 0 aliphatic carbocycles. The smallest absolute Gasteiger partial charge is 0.0550 e. The van der Waals surface area contributed by atoms with Crippen LogP contribution in [0, 0.1) is 0 Å². The molecule has 0 aromatic heterocycles. The molecule has 0 unspecified atom stereocenters. The van der Waals surface area contributed by atoms with Crippen molar-refractivity contribution in [2.24, 2.45) is 0 Å². The van der Waals surface area contributed by atoms with Gasteiger partial charge in [-0.15, -0.1) is 11.8 Å². The van der Waals surface area contributed by atoms with Gasteiger partial charge in [0.15, 0.2) is 0 Å². The van der Waals surface area contributed by atoms with Gasteiger partial charge in [-0.05, 0) is 24.3 Å². The van der Waals surface area contributed by atoms with Crippen LogP contribution in [0.2, 0.25) is 0 Å². The Morgan fingerprint density at radius 2 is 2.00 bits per heavy atom. The summed E-state index contributed by atoms with van der Waals surface area (Å²) in [5, 5.41) is 9.09. The van der Waals surface area contributed by atoms with Gasteiger partial charge in [0.25, 0.3) is 0 Å². The Morgan fingerprint density at radius 1 is 1.42 bits per heavy atom. The molecule has 0 spiro atoms. The van der Waals surface area contributed by atoms with E-state index in [0.29, 0.717) is 0 Å². The predicted octanol–water partition coefficient (Wildman–Crippen LogP) is 2.92. The first-order valence-corrected chi connectivity index (χ1v) is 5.42. The van der Waals surface area contributed by atoms with Gasteiger partial charge in [0, 0.05) is 14.6 Å². The maximum atomic E-state index is 8.82. The fraction of sp³-hybridized carbons (Fsp3) is 0.333. The van der Waals surface area contributed by atoms with Gasteiger partial charge < -0.3 is 5.11 Å². The number of hydrogen-bond donors (Lipinski definition) is 1. The van der Waals surface area contributed by atoms with Crippen LogP contribution in [0.25, 0.3) is 0 Å². The number of halogens is 1. The Kier molecular flexibility index (Phi) is 4.12. The second-order valence-corrected chi connectivity index (χ2v) is 4.99. The predicted molar refractivity (Wildman–Crippen MR) is 56.5 cm³/mol. The van der Waals surface area contributed by atoms with Crippen molar-refractivity contribution in [3.8, 4) is 0 Å². The Bertz CT molecular complexity index is 235. The third-order valence-corrected chi connectivity index (χ3v) is 3.03. The summed E-state index contributed by atoms with van der Waals surface area (Å²) < 4.78 is 1.09. The van der Waals surface area contributed by atoms with E-state index in [1.165, 1.54) is 4.90 Å². The summed E-state index contributed by atoms with van der Waals surface area (Å²) in [6.45, 7) is 2.23. The summed E-state index contributed by atoms with van der Waals surface area (Å²) >= 11 is 5.05. The van der Waals surface area contributed by atoms with E-state index in [0.717, 1.165) is 4.47 Å². The van der Waals surface area contributed by atoms with Crippen molar-refractivity contribution in [1.29, 1.82) is 0 Å². The van der Waals surface area contributed by atoms with E-state index in [9.17, 15) is 0 Å². The van der Waals surface area contributed by atoms with Crippen LogP contribution >= 0.6 is 27.7 Å². The SMILES string of the molecule is C[C@@H](CO)Sc1ccc(Br)cc1. The topological polar surface area (TPSA) is 20.2 Å². The molecule has 0 fully saturated rings. The highest BCUT2D eigenvalue weighted by atomic mass is 79.9. The lowest BCUT2D eigenvalue weighted by atomic mass is 10.4. The lowest BCUT2D eigenvalue weighted by molar-refractivity contribution is 0.300. The van der Waals surface area contributed by atoms with Crippen LogP contribution in [0.4, 0.5) is 0 Å². The molecule has 1 atom stereocenters. The highest BCUT2D eigenvalue weighted by Gasteiger charge is 2.01. The van der Waals surface area contributed by atoms with Crippen molar-refractivity contribution in [2.45, 2.75) is 17.1 Å². The second-order valence-electron chi connectivity index (χ2n) is 2.56. The highest BCUT2D eigenvalue weighted by molar-refractivity contribution is 9.10. The molecule has 0 radical (unpaired) electrons. The molecule has 0 saturated heterocycles. The van der Waals surface area contributed by atoms with Crippen molar-refractivity contribution in [3.63, 3.8) is 0 Å². The quantitative estimate of drug-likeness (QED) is 0.829. The van der Waals surface area contributed by atoms with Crippen LogP contribution in [-0.2, 0) is 0 Å². The van der Waals surface area contributed by atoms with Gasteiger partial charge >= 0.3 is 0 Å². The minimum Gasteiger partial charge on any atom is -0.395 e. The molecule has 1 aromatic rings. The van der Waals surface area contributed by atoms with Crippen LogP contribution in [0.5, 0.6) is 0 Å². The summed E-state index contributed by atoms with van der Waals surface area (Å²) in [6.07, 6.45) is 0. The standard InChI is InChI=1S/C9H11BrOS/c1-7(6-11)12-9-4-2-8(10)3-5-9/h2-5,7,11H,6H2,1H3/t7-/m0/s1. The molecule has 0 amide bonds. The van der Waals surface area contributed by atoms with E-state index in [1.54, 1.807) is 11.8 Å². The average Bonchev–Trinajstić information content (AvgIpc) is 2.09. The third-order valence-electron chi connectivity index (χ3n) is 1.41. The molecule has 0 aliphatic heterocycles. The van der Waals surface area contributed by atoms with Crippen molar-refractivity contribution >= 4 is 27.7 Å². The molecular weight excluding hydrogens is 236 g/mol. The second kappa shape index (κ2) is 4.90. The van der Waals surface area contributed by atoms with E-state index in [4.69, 9.17) is 5.11 Å². The Hall–Kier alpha value is 0.01000. The van der Waals surface area contributed by atoms with Crippen molar-refractivity contribution < 1.29 is 5.11 Å². The van der Waals surface area contributed by atoms with Gasteiger partial charge in [-0.1, -0.05) is 22.9 Å². The first kappa shape index (κ1) is 10.1. The van der Waals surface area contributed by atoms with Crippen LogP contribution in [0.3, 0.4) is 0 Å². The van der Waals surface area contributed by atoms with Gasteiger partial charge in [-0.25, -0.2) is 0 Å². The Morgan fingerprint density at radius 3 is 2.50 bits per heavy atom. The van der Waals surface area contributed by atoms with Gasteiger partial charge in [-0.3, -0.25) is 0 Å². The van der Waals surface area contributed by atoms with Gasteiger partial charge in [-0.2, -0.15) is 0 Å². The summed E-state index contributed by atoms with van der Waals surface area (Å²) in [5.74, 6) is 0. The number of thioether (sulfide) groups is 1. The number of aliphatic hydroxyl groups is 1. The zero-order valence-corrected chi connectivity index (χ0v) is 9.23. The first-order valence-electron chi connectivity index (χ1n) is 3.75. The maximum absolute atomic E-state index is 8.82. The van der Waals surface area contributed by atoms with Gasteiger partial charge in [0.1, 0.15) is 0 Å². The lowest BCUT2D eigenvalue weighted by Crippen LogP contribution is -2.00. The molecule has 1 rings (SSSR count). The molecule has 0 saturated carbocycles. The Balaban J connectivity index is 2.58. The largest absolute Gasteiger partial charge is 0.395 e. The fourth-order valence-corrected chi connectivity index (χ4v) is 1.88. The van der Waals surface area contributed by atoms with Gasteiger partial charge in [0.05, 0.1) is 6.61 Å². The Labute approximate surface area is 85.3 Å². The molecule has 1 nitrogen and oxygen atoms in total. The average molecular weight is 247 g/mol. The van der Waals surface area contributed by atoms with Gasteiger partial charge in [0.2, 0.25) is 0 Å². The van der Waals surface area contributed by atoms with Crippen LogP contribution in [0.15, 0.2) is 33.6 Å². The van der Waals surface area contributed by atoms with Crippen LogP contribution < -0.4 is 0 Å². The van der Waals surface area contributed by atoms with E-state index in [-0.39, 0.29) is 11.9 Å². The molecular formula is C9H11BrOS. The zero-order valence-electron chi connectivity index (χ0n) is 6.83. The number of benzene rings is 1. The molecule has 3 heteroatoms. The summed E-state index contributed by atoms with van der Waals surface area (Å²) in [5.41, 5.74) is 0. The van der Waals surface area contributed by atoms with E-state index in [1.807, 2.05) is 31.2 Å². The third kappa shape index (κ3) is 3.17. The van der Waals surface area contributed by atoms with E-state index in [2.05, 4.69) is 15.9 Å². The monoisotopic (exact) mass is 246 g/mol. The molecule has 1 N–H and O–H groups in total. The van der Waals surface area contributed by atoms with Crippen LogP contribution in [0.1, 0.15) is 6.92 Å². The normalized spacial score (nSPS) is 12.9. The lowest BCUT2D eigenvalue weighted by Gasteiger charge is -2.06. The van der Waals surface area contributed by atoms with E-state index >= 15 is 0 Å². The van der Waals surface area contributed by atoms with Crippen LogP contribution in [-0.4, -0.2) is 17.0 Å². The first-order chi connectivity index (χ1) is 5.72. The molecule has 66 valence electrons. The number of rotatable bonds is 3. The number of hydrogen-bond acceptors (Lipinski definition) is 2. The minimum absolute atomic E-state index is 0.223. The van der Waals surface area contributed by atoms with Crippen molar-refractivity contribution in [2.75, 3.05) is 6.61 Å². The molecule has 12 heavy (non-hydrogen) atoms. The van der Waals surface area contributed by atoms with Crippen molar-refractivity contribution in [3.05, 3.63) is 28.7 Å². The highest BCUT2D eigenvalue weighted by Crippen LogP contribution is 2.24. The molecule has 0 heterocycles. The summed E-state index contributed by atoms with van der Waals surface area (Å²) in [4.78, 5) is 1.19. The fourth-order valence-electron chi connectivity index (χ4n) is 0.783. The van der Waals surface area contributed by atoms with E-state index < -0.39 is 0 Å². The maximum Gasteiger partial charge on any atom is 0.0550 e. The summed E-state index contributed by atoms with van der Waals surface area (Å²) in [6, 6.07) is 8.10. The van der Waals surface area contributed by atoms with Crippen molar-refractivity contribution in [1.82, 2.24) is 0 Å². The summed E-state index contributed by atoms with van der Waals surface area (Å²) in [7, 11) is 0. The zero-order chi connectivity index (χ0) is 8.97. The number of aliphatic hydroxyl groups excluding tert-OH is 1. The molecule has 0 bridgehead atoms. The molecule has 1 aromatic carbocycles. The minimum atomic E-state index is 0.223.